The van der Waals surface area contributed by atoms with Gasteiger partial charge in [-0.2, -0.15) is 0 Å². The number of aliphatic hydroxyl groups excluding tert-OH is 5. The van der Waals surface area contributed by atoms with Crippen molar-refractivity contribution in [1.82, 2.24) is 0 Å². The first-order valence-corrected chi connectivity index (χ1v) is 17.3. The summed E-state index contributed by atoms with van der Waals surface area (Å²) in [5, 5.41) is 52.1. The van der Waals surface area contributed by atoms with Crippen LogP contribution in [0.4, 0.5) is 0 Å². The number of rotatable bonds is 4. The zero-order valence-electron chi connectivity index (χ0n) is 27.8. The summed E-state index contributed by atoms with van der Waals surface area (Å²) in [6.07, 6.45) is 7.25. The lowest BCUT2D eigenvalue weighted by atomic mass is 9.33. The fourth-order valence-electron chi connectivity index (χ4n) is 12.1. The zero-order valence-corrected chi connectivity index (χ0v) is 27.8. The van der Waals surface area contributed by atoms with Gasteiger partial charge in [-0.05, 0) is 109 Å². The van der Waals surface area contributed by atoms with Gasteiger partial charge in [-0.3, -0.25) is 0 Å². The van der Waals surface area contributed by atoms with Gasteiger partial charge in [-0.15, -0.1) is 0 Å². The Morgan fingerprint density at radius 3 is 2.19 bits per heavy atom. The molecule has 3 unspecified atom stereocenters. The lowest BCUT2D eigenvalue weighted by Gasteiger charge is -2.71. The van der Waals surface area contributed by atoms with Gasteiger partial charge < -0.3 is 35.0 Å². The highest BCUT2D eigenvalue weighted by atomic mass is 16.7. The molecular formula is C36H60O7. The highest BCUT2D eigenvalue weighted by Crippen LogP contribution is 2.75. The van der Waals surface area contributed by atoms with Crippen LogP contribution in [0.15, 0.2) is 11.6 Å². The Bertz CT molecular complexity index is 1110. The smallest absolute Gasteiger partial charge is 0.186 e. The molecule has 0 aromatic carbocycles. The molecule has 1 heterocycles. The minimum Gasteiger partial charge on any atom is -0.396 e. The molecule has 6 rings (SSSR count). The van der Waals surface area contributed by atoms with Crippen LogP contribution in [0.5, 0.6) is 0 Å². The van der Waals surface area contributed by atoms with Gasteiger partial charge in [0.25, 0.3) is 0 Å². The molecule has 6 aliphatic rings. The van der Waals surface area contributed by atoms with E-state index in [0.29, 0.717) is 29.1 Å². The molecular weight excluding hydrogens is 544 g/mol. The minimum atomic E-state index is -1.48. The number of aliphatic hydroxyl groups is 5. The summed E-state index contributed by atoms with van der Waals surface area (Å²) < 4.78 is 12.2. The maximum atomic E-state index is 11.0. The third kappa shape index (κ3) is 4.52. The van der Waals surface area contributed by atoms with Crippen LogP contribution in [0.3, 0.4) is 0 Å². The maximum Gasteiger partial charge on any atom is 0.186 e. The number of hydrogen-bond acceptors (Lipinski definition) is 7. The van der Waals surface area contributed by atoms with Crippen molar-refractivity contribution in [1.29, 1.82) is 0 Å². The molecule has 7 nitrogen and oxygen atoms in total. The summed E-state index contributed by atoms with van der Waals surface area (Å²) in [5.74, 6) is 1.41. The van der Waals surface area contributed by atoms with Crippen LogP contribution < -0.4 is 0 Å². The summed E-state index contributed by atoms with van der Waals surface area (Å²) in [7, 11) is 0. The SMILES string of the molecule is CC1(C)CC[C@]2(C)CC[C@]3(C)C(=CCC4[C@@]5(C)CC[C@@H](O[C@@H]6O[C@H](CO)[C@@H](O)[C@H](O)[C@H]6O)C(C)(CO)C5CC[C@]43C)[C@H]2C1. The predicted molar refractivity (Wildman–Crippen MR) is 165 cm³/mol. The van der Waals surface area contributed by atoms with Crippen molar-refractivity contribution in [2.24, 2.45) is 50.2 Å². The van der Waals surface area contributed by atoms with Crippen LogP contribution in [-0.4, -0.2) is 75.6 Å². The van der Waals surface area contributed by atoms with E-state index in [9.17, 15) is 25.5 Å². The van der Waals surface area contributed by atoms with E-state index in [2.05, 4.69) is 54.5 Å². The van der Waals surface area contributed by atoms with Crippen LogP contribution in [0.2, 0.25) is 0 Å². The second-order valence-electron chi connectivity index (χ2n) is 17.9. The summed E-state index contributed by atoms with van der Waals surface area (Å²) in [6, 6.07) is 0. The van der Waals surface area contributed by atoms with Crippen molar-refractivity contribution >= 4 is 0 Å². The molecule has 0 radical (unpaired) electrons. The number of allylic oxidation sites excluding steroid dienone is 2. The first kappa shape index (κ1) is 32.4. The number of fused-ring (bicyclic) bond motifs is 7. The molecule has 4 saturated carbocycles. The van der Waals surface area contributed by atoms with Gasteiger partial charge in [-0.1, -0.05) is 60.1 Å². The highest BCUT2D eigenvalue weighted by Gasteiger charge is 2.68. The lowest BCUT2D eigenvalue weighted by Crippen LogP contribution is -2.66. The summed E-state index contributed by atoms with van der Waals surface area (Å²) in [4.78, 5) is 0. The van der Waals surface area contributed by atoms with Crippen molar-refractivity contribution in [3.8, 4) is 0 Å². The Labute approximate surface area is 259 Å². The van der Waals surface area contributed by atoms with Gasteiger partial charge in [-0.25, -0.2) is 0 Å². The molecule has 43 heavy (non-hydrogen) atoms. The molecule has 5 N–H and O–H groups in total. The van der Waals surface area contributed by atoms with Crippen molar-refractivity contribution < 1.29 is 35.0 Å². The van der Waals surface area contributed by atoms with Gasteiger partial charge in [0.15, 0.2) is 6.29 Å². The Morgan fingerprint density at radius 2 is 1.51 bits per heavy atom. The fourth-order valence-corrected chi connectivity index (χ4v) is 12.1. The molecule has 14 atom stereocenters. The molecule has 0 aromatic heterocycles. The van der Waals surface area contributed by atoms with Crippen LogP contribution in [0.1, 0.15) is 113 Å². The molecule has 1 aliphatic heterocycles. The largest absolute Gasteiger partial charge is 0.396 e. The molecule has 5 aliphatic carbocycles. The second kappa shape index (κ2) is 10.5. The van der Waals surface area contributed by atoms with Gasteiger partial charge in [0.2, 0.25) is 0 Å². The molecule has 5 fully saturated rings. The fraction of sp³-hybridized carbons (Fsp3) is 0.944. The van der Waals surface area contributed by atoms with Crippen LogP contribution >= 0.6 is 0 Å². The highest BCUT2D eigenvalue weighted by molar-refractivity contribution is 5.33. The standard InChI is InChI=1S/C36H60O7/c1-31(2)14-15-32(3)16-17-35(6)21(22(32)18-31)8-9-25-33(4)12-11-26(34(5,20-38)24(33)10-13-36(25,35)7)43-30-29(41)28(40)27(39)23(19-37)42-30/h8,22-30,37-41H,9-20H2,1-7H3/t22-,23-,24?,25?,26-,27-,28+,29-,30+,32-,33+,34?,35-,36-/m1/s1. The van der Waals surface area contributed by atoms with Crippen molar-refractivity contribution in [2.45, 2.75) is 149 Å². The van der Waals surface area contributed by atoms with E-state index in [4.69, 9.17) is 9.47 Å². The van der Waals surface area contributed by atoms with E-state index in [1.807, 2.05) is 0 Å². The second-order valence-corrected chi connectivity index (χ2v) is 17.9. The van der Waals surface area contributed by atoms with Crippen molar-refractivity contribution in [3.05, 3.63) is 11.6 Å². The number of hydrogen-bond donors (Lipinski definition) is 5. The Morgan fingerprint density at radius 1 is 0.814 bits per heavy atom. The molecule has 1 saturated heterocycles. The molecule has 0 aromatic rings. The summed E-state index contributed by atoms with van der Waals surface area (Å²) in [6.45, 7) is 16.8. The van der Waals surface area contributed by atoms with Crippen LogP contribution in [0.25, 0.3) is 0 Å². The molecule has 7 heteroatoms. The first-order chi connectivity index (χ1) is 20.0. The number of ether oxygens (including phenoxy) is 2. The lowest BCUT2D eigenvalue weighted by molar-refractivity contribution is -0.333. The third-order valence-electron chi connectivity index (χ3n) is 15.3. The normalized spacial score (nSPS) is 56.2. The average Bonchev–Trinajstić information content (AvgIpc) is 2.95. The Kier molecular flexibility index (Phi) is 7.90. The van der Waals surface area contributed by atoms with Gasteiger partial charge in [0.05, 0.1) is 19.3 Å². The van der Waals surface area contributed by atoms with E-state index >= 15 is 0 Å². The van der Waals surface area contributed by atoms with Gasteiger partial charge in [0, 0.05) is 5.41 Å². The van der Waals surface area contributed by atoms with Crippen molar-refractivity contribution in [3.63, 3.8) is 0 Å². The Hall–Kier alpha value is -0.540. The van der Waals surface area contributed by atoms with E-state index in [0.717, 1.165) is 25.7 Å². The summed E-state index contributed by atoms with van der Waals surface area (Å²) >= 11 is 0. The van der Waals surface area contributed by atoms with E-state index < -0.39 is 42.7 Å². The molecule has 246 valence electrons. The average molecular weight is 605 g/mol. The zero-order chi connectivity index (χ0) is 31.4. The van der Waals surface area contributed by atoms with Gasteiger partial charge in [0.1, 0.15) is 24.4 Å². The topological polar surface area (TPSA) is 120 Å². The maximum absolute atomic E-state index is 11.0. The first-order valence-electron chi connectivity index (χ1n) is 17.3. The minimum absolute atomic E-state index is 0.0251. The predicted octanol–water partition coefficient (Wildman–Crippen LogP) is 4.97. The summed E-state index contributed by atoms with van der Waals surface area (Å²) in [5.41, 5.74) is 2.41. The quantitative estimate of drug-likeness (QED) is 0.227. The van der Waals surface area contributed by atoms with Gasteiger partial charge >= 0.3 is 0 Å². The van der Waals surface area contributed by atoms with Crippen LogP contribution in [-0.2, 0) is 9.47 Å². The van der Waals surface area contributed by atoms with Crippen molar-refractivity contribution in [2.75, 3.05) is 13.2 Å². The van der Waals surface area contributed by atoms with Crippen LogP contribution in [0, 0.1) is 50.2 Å². The third-order valence-corrected chi connectivity index (χ3v) is 15.3. The molecule has 0 bridgehead atoms. The van der Waals surface area contributed by atoms with E-state index in [1.165, 1.54) is 32.1 Å². The monoisotopic (exact) mass is 604 g/mol. The van der Waals surface area contributed by atoms with E-state index in [1.54, 1.807) is 5.57 Å². The molecule has 0 spiro atoms. The molecule has 0 amide bonds. The van der Waals surface area contributed by atoms with E-state index in [-0.39, 0.29) is 34.9 Å². The Balaban J connectivity index is 1.29.